The molecule has 5 heteroatoms. The summed E-state index contributed by atoms with van der Waals surface area (Å²) >= 11 is 0. The summed E-state index contributed by atoms with van der Waals surface area (Å²) in [5.41, 5.74) is 2.82. The van der Waals surface area contributed by atoms with E-state index in [9.17, 15) is 13.5 Å². The van der Waals surface area contributed by atoms with Gasteiger partial charge in [-0.25, -0.2) is 8.42 Å². The molecule has 0 aromatic heterocycles. The molecular formula is C16H25NO3S. The Morgan fingerprint density at radius 1 is 1.14 bits per heavy atom. The van der Waals surface area contributed by atoms with Crippen molar-refractivity contribution in [3.05, 3.63) is 34.9 Å². The minimum Gasteiger partial charge on any atom is -0.388 e. The van der Waals surface area contributed by atoms with Crippen LogP contribution in [0.5, 0.6) is 0 Å². The predicted octanol–water partition coefficient (Wildman–Crippen LogP) is 1.67. The summed E-state index contributed by atoms with van der Waals surface area (Å²) in [7, 11) is -0.967. The minimum atomic E-state index is -2.94. The molecule has 1 N–H and O–H groups in total. The van der Waals surface area contributed by atoms with Gasteiger partial charge in [-0.15, -0.1) is 0 Å². The quantitative estimate of drug-likeness (QED) is 0.919. The largest absolute Gasteiger partial charge is 0.388 e. The van der Waals surface area contributed by atoms with Crippen molar-refractivity contribution in [2.45, 2.75) is 38.8 Å². The molecule has 1 saturated heterocycles. The number of aryl methyl sites for hydroxylation is 2. The first-order valence-corrected chi connectivity index (χ1v) is 9.18. The number of hydrogen-bond acceptors (Lipinski definition) is 4. The molecule has 2 rings (SSSR count). The van der Waals surface area contributed by atoms with Crippen molar-refractivity contribution in [1.82, 2.24) is 4.90 Å². The van der Waals surface area contributed by atoms with Crippen molar-refractivity contribution in [3.8, 4) is 0 Å². The number of aliphatic hydroxyl groups is 1. The van der Waals surface area contributed by atoms with E-state index in [0.29, 0.717) is 19.4 Å². The molecule has 1 heterocycles. The number of hydrogen-bond donors (Lipinski definition) is 1. The second-order valence-electron chi connectivity index (χ2n) is 6.54. The van der Waals surface area contributed by atoms with Gasteiger partial charge in [-0.3, -0.25) is 4.90 Å². The van der Waals surface area contributed by atoms with E-state index in [4.69, 9.17) is 0 Å². The zero-order valence-electron chi connectivity index (χ0n) is 13.1. The molecule has 118 valence electrons. The number of sulfone groups is 1. The fraction of sp³-hybridized carbons (Fsp3) is 0.625. The van der Waals surface area contributed by atoms with Crippen LogP contribution >= 0.6 is 0 Å². The van der Waals surface area contributed by atoms with Crippen molar-refractivity contribution in [1.29, 1.82) is 0 Å². The highest BCUT2D eigenvalue weighted by Gasteiger charge is 2.36. The van der Waals surface area contributed by atoms with E-state index in [1.165, 1.54) is 16.7 Å². The Hall–Kier alpha value is -0.910. The van der Waals surface area contributed by atoms with Gasteiger partial charge in [0.1, 0.15) is 0 Å². The first kappa shape index (κ1) is 16.5. The predicted molar refractivity (Wildman–Crippen MR) is 85.1 cm³/mol. The molecular weight excluding hydrogens is 286 g/mol. The molecule has 0 saturated carbocycles. The van der Waals surface area contributed by atoms with Crippen LogP contribution in [-0.2, 0) is 16.4 Å². The third kappa shape index (κ3) is 4.80. The van der Waals surface area contributed by atoms with Crippen LogP contribution in [0.1, 0.15) is 29.5 Å². The summed E-state index contributed by atoms with van der Waals surface area (Å²) in [4.78, 5) is 2.08. The topological polar surface area (TPSA) is 57.6 Å². The maximum absolute atomic E-state index is 11.5. The van der Waals surface area contributed by atoms with Crippen molar-refractivity contribution in [2.24, 2.45) is 0 Å². The molecule has 0 radical (unpaired) electrons. The zero-order chi connectivity index (χ0) is 15.7. The molecule has 0 bridgehead atoms. The Balaban J connectivity index is 1.96. The van der Waals surface area contributed by atoms with Crippen LogP contribution in [0.25, 0.3) is 0 Å². The lowest BCUT2D eigenvalue weighted by atomic mass is 9.96. The van der Waals surface area contributed by atoms with Crippen molar-refractivity contribution in [2.75, 3.05) is 25.1 Å². The molecule has 1 aromatic carbocycles. The van der Waals surface area contributed by atoms with Gasteiger partial charge in [-0.1, -0.05) is 29.3 Å². The normalized spacial score (nSPS) is 20.6. The van der Waals surface area contributed by atoms with E-state index in [1.54, 1.807) is 0 Å². The van der Waals surface area contributed by atoms with Gasteiger partial charge in [0.15, 0.2) is 9.84 Å². The van der Waals surface area contributed by atoms with Crippen molar-refractivity contribution < 1.29 is 13.5 Å². The molecule has 1 aliphatic heterocycles. The smallest absolute Gasteiger partial charge is 0.150 e. The highest BCUT2D eigenvalue weighted by Crippen LogP contribution is 2.25. The van der Waals surface area contributed by atoms with Gasteiger partial charge < -0.3 is 5.11 Å². The lowest BCUT2D eigenvalue weighted by molar-refractivity contribution is -0.000298. The highest BCUT2D eigenvalue weighted by molar-refractivity contribution is 7.91. The van der Waals surface area contributed by atoms with Crippen LogP contribution in [-0.4, -0.2) is 49.1 Å². The van der Waals surface area contributed by atoms with Gasteiger partial charge in [0.2, 0.25) is 0 Å². The van der Waals surface area contributed by atoms with Crippen LogP contribution in [0.15, 0.2) is 18.2 Å². The summed E-state index contributed by atoms with van der Waals surface area (Å²) in [5, 5.41) is 10.6. The summed E-state index contributed by atoms with van der Waals surface area (Å²) in [5.74, 6) is 0.196. The van der Waals surface area contributed by atoms with E-state index in [-0.39, 0.29) is 11.5 Å². The molecule has 1 aromatic rings. The van der Waals surface area contributed by atoms with Gasteiger partial charge in [0.05, 0.1) is 17.1 Å². The maximum atomic E-state index is 11.5. The SMILES string of the molecule is Cc1cc(C)cc(CN(C)CC2(O)CCS(=O)(=O)CC2)c1. The Morgan fingerprint density at radius 3 is 2.19 bits per heavy atom. The third-order valence-corrected chi connectivity index (χ3v) is 5.71. The van der Waals surface area contributed by atoms with E-state index in [0.717, 1.165) is 6.54 Å². The molecule has 0 atom stereocenters. The van der Waals surface area contributed by atoms with Crippen LogP contribution < -0.4 is 0 Å². The molecule has 1 aliphatic rings. The van der Waals surface area contributed by atoms with Crippen LogP contribution in [0, 0.1) is 13.8 Å². The molecule has 0 spiro atoms. The van der Waals surface area contributed by atoms with Crippen LogP contribution in [0.3, 0.4) is 0 Å². The lowest BCUT2D eigenvalue weighted by Crippen LogP contribution is -2.47. The fourth-order valence-electron chi connectivity index (χ4n) is 3.11. The molecule has 0 aliphatic carbocycles. The molecule has 0 unspecified atom stereocenters. The second-order valence-corrected chi connectivity index (χ2v) is 8.85. The first-order chi connectivity index (χ1) is 9.67. The summed E-state index contributed by atoms with van der Waals surface area (Å²) in [6.45, 7) is 5.43. The average Bonchev–Trinajstić information content (AvgIpc) is 2.32. The summed E-state index contributed by atoms with van der Waals surface area (Å²) in [6, 6.07) is 6.45. The van der Waals surface area contributed by atoms with Gasteiger partial charge in [-0.2, -0.15) is 0 Å². The second kappa shape index (κ2) is 6.07. The van der Waals surface area contributed by atoms with E-state index >= 15 is 0 Å². The third-order valence-electron chi connectivity index (χ3n) is 4.06. The number of benzene rings is 1. The number of rotatable bonds is 4. The average molecular weight is 311 g/mol. The maximum Gasteiger partial charge on any atom is 0.150 e. The Kier molecular flexibility index (Phi) is 4.76. The van der Waals surface area contributed by atoms with Gasteiger partial charge in [0, 0.05) is 13.1 Å². The first-order valence-electron chi connectivity index (χ1n) is 7.36. The zero-order valence-corrected chi connectivity index (χ0v) is 13.9. The van der Waals surface area contributed by atoms with Gasteiger partial charge >= 0.3 is 0 Å². The van der Waals surface area contributed by atoms with Gasteiger partial charge in [-0.05, 0) is 39.3 Å². The number of likely N-dealkylation sites (N-methyl/N-ethyl adjacent to an activating group) is 1. The number of nitrogens with zero attached hydrogens (tertiary/aromatic N) is 1. The standard InChI is InChI=1S/C16H25NO3S/c1-13-8-14(2)10-15(9-13)11-17(3)12-16(18)4-6-21(19,20)7-5-16/h8-10,18H,4-7,11-12H2,1-3H3. The summed E-state index contributed by atoms with van der Waals surface area (Å²) in [6.07, 6.45) is 0.680. The van der Waals surface area contributed by atoms with E-state index in [1.807, 2.05) is 7.05 Å². The van der Waals surface area contributed by atoms with E-state index in [2.05, 4.69) is 36.9 Å². The van der Waals surface area contributed by atoms with Crippen molar-refractivity contribution in [3.63, 3.8) is 0 Å². The highest BCUT2D eigenvalue weighted by atomic mass is 32.2. The van der Waals surface area contributed by atoms with E-state index < -0.39 is 15.4 Å². The lowest BCUT2D eigenvalue weighted by Gasteiger charge is -2.35. The summed E-state index contributed by atoms with van der Waals surface area (Å²) < 4.78 is 22.9. The monoisotopic (exact) mass is 311 g/mol. The van der Waals surface area contributed by atoms with Crippen molar-refractivity contribution >= 4 is 9.84 Å². The molecule has 0 amide bonds. The Labute approximate surface area is 127 Å². The minimum absolute atomic E-state index is 0.0981. The molecule has 1 fully saturated rings. The Bertz CT molecular complexity index is 576. The van der Waals surface area contributed by atoms with Crippen LogP contribution in [0.2, 0.25) is 0 Å². The van der Waals surface area contributed by atoms with Gasteiger partial charge in [0.25, 0.3) is 0 Å². The molecule has 4 nitrogen and oxygen atoms in total. The van der Waals surface area contributed by atoms with Crippen LogP contribution in [0.4, 0.5) is 0 Å². The Morgan fingerprint density at radius 2 is 1.67 bits per heavy atom. The molecule has 21 heavy (non-hydrogen) atoms. The fourth-order valence-corrected chi connectivity index (χ4v) is 4.69.